The maximum atomic E-state index is 11.6. The predicted molar refractivity (Wildman–Crippen MR) is 126 cm³/mol. The number of Topliss-reactive ketones (excluding diaryl/α,β-unsaturated/α-hetero) is 1. The fraction of sp³-hybridized carbons (Fsp3) is 0.250. The van der Waals surface area contributed by atoms with Gasteiger partial charge in [-0.2, -0.15) is 0 Å². The SMILES string of the molecule is CC(=O)Cc1cccc(-c2cnc3c(N4CCOCC4)nc(-c4cnc(N)nc4)nc3c2)c1. The predicted octanol–water partition coefficient (Wildman–Crippen LogP) is 2.70. The number of pyridine rings is 1. The summed E-state index contributed by atoms with van der Waals surface area (Å²) in [6, 6.07) is 9.93. The highest BCUT2D eigenvalue weighted by Crippen LogP contribution is 2.30. The molecule has 0 unspecified atom stereocenters. The molecule has 5 rings (SSSR count). The molecule has 9 heteroatoms. The Labute approximate surface area is 190 Å². The van der Waals surface area contributed by atoms with Crippen LogP contribution in [0.3, 0.4) is 0 Å². The second-order valence-corrected chi connectivity index (χ2v) is 7.97. The number of ketones is 1. The third kappa shape index (κ3) is 4.49. The van der Waals surface area contributed by atoms with Crippen molar-refractivity contribution in [3.63, 3.8) is 0 Å². The minimum Gasteiger partial charge on any atom is -0.378 e. The smallest absolute Gasteiger partial charge is 0.219 e. The van der Waals surface area contributed by atoms with Crippen LogP contribution in [0.15, 0.2) is 48.9 Å². The quantitative estimate of drug-likeness (QED) is 0.498. The fourth-order valence-corrected chi connectivity index (χ4v) is 3.89. The van der Waals surface area contributed by atoms with E-state index >= 15 is 0 Å². The summed E-state index contributed by atoms with van der Waals surface area (Å²) in [6.45, 7) is 4.30. The number of benzene rings is 1. The van der Waals surface area contributed by atoms with E-state index in [9.17, 15) is 4.79 Å². The number of ether oxygens (including phenoxy) is 1. The molecule has 0 radical (unpaired) electrons. The Kier molecular flexibility index (Phi) is 5.62. The van der Waals surface area contributed by atoms with E-state index in [1.165, 1.54) is 0 Å². The normalized spacial score (nSPS) is 13.9. The number of rotatable bonds is 5. The Balaban J connectivity index is 1.63. The van der Waals surface area contributed by atoms with Gasteiger partial charge in [0.2, 0.25) is 5.95 Å². The van der Waals surface area contributed by atoms with Gasteiger partial charge in [0.25, 0.3) is 0 Å². The summed E-state index contributed by atoms with van der Waals surface area (Å²) in [7, 11) is 0. The lowest BCUT2D eigenvalue weighted by Crippen LogP contribution is -2.37. The first kappa shape index (κ1) is 20.9. The van der Waals surface area contributed by atoms with Crippen LogP contribution in [0.5, 0.6) is 0 Å². The standard InChI is InChI=1S/C24H23N7O2/c1-15(32)9-16-3-2-4-17(10-16)18-11-20-21(26-12-18)23(31-5-7-33-8-6-31)30-22(29-20)19-13-27-24(25)28-14-19/h2-4,10-14H,5-9H2,1H3,(H2,25,27,28). The van der Waals surface area contributed by atoms with Crippen LogP contribution in [-0.2, 0) is 16.0 Å². The number of fused-ring (bicyclic) bond motifs is 1. The molecule has 4 aromatic rings. The van der Waals surface area contributed by atoms with Gasteiger partial charge in [-0.05, 0) is 24.1 Å². The molecule has 0 saturated carbocycles. The topological polar surface area (TPSA) is 120 Å². The number of nitrogens with two attached hydrogens (primary N) is 1. The number of aromatic nitrogens is 5. The molecule has 1 saturated heterocycles. The van der Waals surface area contributed by atoms with Crippen LogP contribution in [0.25, 0.3) is 33.5 Å². The first-order chi connectivity index (χ1) is 16.1. The Morgan fingerprint density at radius 3 is 2.52 bits per heavy atom. The number of nitrogens with zero attached hydrogens (tertiary/aromatic N) is 6. The van der Waals surface area contributed by atoms with E-state index < -0.39 is 0 Å². The first-order valence-electron chi connectivity index (χ1n) is 10.7. The van der Waals surface area contributed by atoms with Crippen molar-refractivity contribution in [1.29, 1.82) is 0 Å². The highest BCUT2D eigenvalue weighted by atomic mass is 16.5. The van der Waals surface area contributed by atoms with Crippen LogP contribution < -0.4 is 10.6 Å². The summed E-state index contributed by atoms with van der Waals surface area (Å²) in [6.07, 6.45) is 5.47. The van der Waals surface area contributed by atoms with E-state index in [0.717, 1.165) is 41.1 Å². The summed E-state index contributed by atoms with van der Waals surface area (Å²) in [5, 5.41) is 0. The van der Waals surface area contributed by atoms with Gasteiger partial charge < -0.3 is 15.4 Å². The van der Waals surface area contributed by atoms with Gasteiger partial charge in [0.15, 0.2) is 11.6 Å². The molecule has 0 amide bonds. The van der Waals surface area contributed by atoms with E-state index in [0.29, 0.717) is 36.5 Å². The third-order valence-corrected chi connectivity index (χ3v) is 5.47. The Bertz CT molecular complexity index is 1320. The van der Waals surface area contributed by atoms with Gasteiger partial charge in [0.05, 0.1) is 24.3 Å². The van der Waals surface area contributed by atoms with Gasteiger partial charge >= 0.3 is 0 Å². The molecule has 0 bridgehead atoms. The van der Waals surface area contributed by atoms with E-state index in [1.54, 1.807) is 19.3 Å². The molecule has 0 aliphatic carbocycles. The van der Waals surface area contributed by atoms with Gasteiger partial charge in [0, 0.05) is 43.7 Å². The Morgan fingerprint density at radius 1 is 1.00 bits per heavy atom. The van der Waals surface area contributed by atoms with E-state index in [4.69, 9.17) is 25.4 Å². The number of carbonyl (C=O) groups excluding carboxylic acids is 1. The van der Waals surface area contributed by atoms with E-state index in [1.807, 2.05) is 36.5 Å². The lowest BCUT2D eigenvalue weighted by atomic mass is 10.0. The molecule has 0 atom stereocenters. The van der Waals surface area contributed by atoms with Crippen molar-refractivity contribution in [1.82, 2.24) is 24.9 Å². The average Bonchev–Trinajstić information content (AvgIpc) is 2.84. The van der Waals surface area contributed by atoms with Crippen molar-refractivity contribution in [2.75, 3.05) is 36.9 Å². The van der Waals surface area contributed by atoms with Crippen molar-refractivity contribution >= 4 is 28.6 Å². The molecule has 1 aliphatic heterocycles. The second-order valence-electron chi connectivity index (χ2n) is 7.97. The Morgan fingerprint density at radius 2 is 1.76 bits per heavy atom. The number of hydrogen-bond donors (Lipinski definition) is 1. The van der Waals surface area contributed by atoms with Gasteiger partial charge in [-0.25, -0.2) is 19.9 Å². The van der Waals surface area contributed by atoms with Gasteiger partial charge in [0.1, 0.15) is 11.3 Å². The molecule has 1 fully saturated rings. The molecule has 3 aromatic heterocycles. The molecule has 9 nitrogen and oxygen atoms in total. The van der Waals surface area contributed by atoms with Gasteiger partial charge in [-0.15, -0.1) is 0 Å². The van der Waals surface area contributed by atoms with E-state index in [2.05, 4.69) is 14.9 Å². The van der Waals surface area contributed by atoms with Gasteiger partial charge in [-0.1, -0.05) is 24.3 Å². The fourth-order valence-electron chi connectivity index (χ4n) is 3.89. The number of anilines is 2. The highest BCUT2D eigenvalue weighted by Gasteiger charge is 2.20. The summed E-state index contributed by atoms with van der Waals surface area (Å²) < 4.78 is 5.51. The van der Waals surface area contributed by atoms with E-state index in [-0.39, 0.29) is 11.7 Å². The van der Waals surface area contributed by atoms with Crippen molar-refractivity contribution in [2.45, 2.75) is 13.3 Å². The lowest BCUT2D eigenvalue weighted by molar-refractivity contribution is -0.116. The zero-order chi connectivity index (χ0) is 22.8. The molecule has 1 aliphatic rings. The number of carbonyl (C=O) groups is 1. The first-order valence-corrected chi connectivity index (χ1v) is 10.7. The second kappa shape index (κ2) is 8.87. The molecular weight excluding hydrogens is 418 g/mol. The van der Waals surface area contributed by atoms with Crippen LogP contribution in [0.1, 0.15) is 12.5 Å². The maximum Gasteiger partial charge on any atom is 0.219 e. The summed E-state index contributed by atoms with van der Waals surface area (Å²) >= 11 is 0. The highest BCUT2D eigenvalue weighted by molar-refractivity contribution is 5.90. The number of hydrogen-bond acceptors (Lipinski definition) is 9. The molecule has 166 valence electrons. The molecule has 1 aromatic carbocycles. The number of morpholine rings is 1. The van der Waals surface area contributed by atoms with Crippen molar-refractivity contribution in [2.24, 2.45) is 0 Å². The molecule has 2 N–H and O–H groups in total. The maximum absolute atomic E-state index is 11.6. The monoisotopic (exact) mass is 441 g/mol. The minimum atomic E-state index is 0.127. The van der Waals surface area contributed by atoms with Crippen molar-refractivity contribution in [3.8, 4) is 22.5 Å². The largest absolute Gasteiger partial charge is 0.378 e. The Hall–Kier alpha value is -3.98. The van der Waals surface area contributed by atoms with Gasteiger partial charge in [-0.3, -0.25) is 9.78 Å². The lowest BCUT2D eigenvalue weighted by Gasteiger charge is -2.28. The summed E-state index contributed by atoms with van der Waals surface area (Å²) in [5.41, 5.74) is 10.6. The van der Waals surface area contributed by atoms with Crippen molar-refractivity contribution < 1.29 is 9.53 Å². The van der Waals surface area contributed by atoms with Crippen LogP contribution in [0.2, 0.25) is 0 Å². The van der Waals surface area contributed by atoms with Crippen LogP contribution in [0.4, 0.5) is 11.8 Å². The summed E-state index contributed by atoms with van der Waals surface area (Å²) in [5.74, 6) is 1.59. The molecular formula is C24H23N7O2. The van der Waals surface area contributed by atoms with Crippen LogP contribution >= 0.6 is 0 Å². The molecule has 4 heterocycles. The van der Waals surface area contributed by atoms with Crippen molar-refractivity contribution in [3.05, 3.63) is 54.5 Å². The average molecular weight is 441 g/mol. The summed E-state index contributed by atoms with van der Waals surface area (Å²) in [4.78, 5) is 36.2. The third-order valence-electron chi connectivity index (χ3n) is 5.47. The zero-order valence-electron chi connectivity index (χ0n) is 18.2. The van der Waals surface area contributed by atoms with Crippen LogP contribution in [-0.4, -0.2) is 57.0 Å². The number of nitrogen functional groups attached to an aromatic ring is 1. The molecule has 0 spiro atoms. The minimum absolute atomic E-state index is 0.127. The molecule has 33 heavy (non-hydrogen) atoms. The van der Waals surface area contributed by atoms with Crippen LogP contribution in [0, 0.1) is 0 Å². The zero-order valence-corrected chi connectivity index (χ0v) is 18.2.